The summed E-state index contributed by atoms with van der Waals surface area (Å²) in [7, 11) is 0. The molecule has 0 bridgehead atoms. The third kappa shape index (κ3) is 6.09. The summed E-state index contributed by atoms with van der Waals surface area (Å²) < 4.78 is 0. The molecule has 0 aliphatic carbocycles. The molecular weight excluding hydrogens is 230 g/mol. The van der Waals surface area contributed by atoms with E-state index in [-0.39, 0.29) is 0 Å². The summed E-state index contributed by atoms with van der Waals surface area (Å²) in [5.41, 5.74) is 1.27. The van der Waals surface area contributed by atoms with Gasteiger partial charge in [-0.25, -0.2) is 0 Å². The molecule has 0 radical (unpaired) electrons. The fraction of sp³-hybridized carbons (Fsp3) is 0.600. The first-order valence-electron chi connectivity index (χ1n) is 6.53. The van der Waals surface area contributed by atoms with Crippen LogP contribution in [0.25, 0.3) is 0 Å². The van der Waals surface area contributed by atoms with Crippen molar-refractivity contribution in [3.05, 3.63) is 34.9 Å². The lowest BCUT2D eigenvalue weighted by molar-refractivity contribution is 0.454. The fourth-order valence-electron chi connectivity index (χ4n) is 1.82. The zero-order valence-corrected chi connectivity index (χ0v) is 11.9. The highest BCUT2D eigenvalue weighted by Crippen LogP contribution is 2.18. The smallest absolute Gasteiger partial charge is 0.0437 e. The van der Waals surface area contributed by atoms with Gasteiger partial charge < -0.3 is 5.32 Å². The minimum Gasteiger partial charge on any atom is -0.316 e. The quantitative estimate of drug-likeness (QED) is 0.770. The lowest BCUT2D eigenvalue weighted by Crippen LogP contribution is -2.25. The summed E-state index contributed by atoms with van der Waals surface area (Å²) in [5, 5.41) is 4.40. The van der Waals surface area contributed by atoms with Gasteiger partial charge in [-0.3, -0.25) is 0 Å². The van der Waals surface area contributed by atoms with E-state index in [1.165, 1.54) is 12.0 Å². The second kappa shape index (κ2) is 7.73. The molecule has 0 saturated heterocycles. The molecule has 1 N–H and O–H groups in total. The van der Waals surface area contributed by atoms with Crippen LogP contribution in [0.15, 0.2) is 24.3 Å². The van der Waals surface area contributed by atoms with Crippen LogP contribution in [0.2, 0.25) is 5.02 Å². The van der Waals surface area contributed by atoms with Crippen LogP contribution in [0.1, 0.15) is 32.8 Å². The van der Waals surface area contributed by atoms with Crippen LogP contribution >= 0.6 is 11.6 Å². The van der Waals surface area contributed by atoms with Crippen molar-refractivity contribution < 1.29 is 0 Å². The van der Waals surface area contributed by atoms with Gasteiger partial charge in [0.15, 0.2) is 0 Å². The van der Waals surface area contributed by atoms with Crippen molar-refractivity contribution >= 4 is 11.6 Å². The maximum atomic E-state index is 6.14. The molecule has 1 rings (SSSR count). The predicted molar refractivity (Wildman–Crippen MR) is 76.6 cm³/mol. The minimum absolute atomic E-state index is 0.699. The number of aryl methyl sites for hydroxylation is 1. The Bertz CT molecular complexity index is 322. The molecule has 96 valence electrons. The van der Waals surface area contributed by atoms with Crippen LogP contribution in [0.4, 0.5) is 0 Å². The monoisotopic (exact) mass is 253 g/mol. The van der Waals surface area contributed by atoms with Crippen LogP contribution in [0, 0.1) is 11.8 Å². The van der Waals surface area contributed by atoms with E-state index in [9.17, 15) is 0 Å². The number of halogens is 1. The van der Waals surface area contributed by atoms with Crippen LogP contribution < -0.4 is 5.32 Å². The molecule has 0 aliphatic heterocycles. The molecule has 0 aliphatic rings. The van der Waals surface area contributed by atoms with E-state index in [1.54, 1.807) is 0 Å². The molecule has 0 saturated carbocycles. The van der Waals surface area contributed by atoms with Crippen LogP contribution in [-0.4, -0.2) is 13.1 Å². The zero-order valence-electron chi connectivity index (χ0n) is 11.2. The van der Waals surface area contributed by atoms with Crippen molar-refractivity contribution in [3.63, 3.8) is 0 Å². The van der Waals surface area contributed by atoms with E-state index >= 15 is 0 Å². The average molecular weight is 254 g/mol. The average Bonchev–Trinajstić information content (AvgIpc) is 2.27. The maximum absolute atomic E-state index is 6.14. The van der Waals surface area contributed by atoms with Gasteiger partial charge in [-0.15, -0.1) is 0 Å². The van der Waals surface area contributed by atoms with Gasteiger partial charge in [-0.2, -0.15) is 0 Å². The van der Waals surface area contributed by atoms with E-state index in [4.69, 9.17) is 11.6 Å². The van der Waals surface area contributed by atoms with Gasteiger partial charge in [0.05, 0.1) is 0 Å². The Kier molecular flexibility index (Phi) is 6.61. The SMILES string of the molecule is CC(C)CNCC(C)CCc1ccccc1Cl. The molecule has 1 aromatic rings. The molecule has 0 amide bonds. The van der Waals surface area contributed by atoms with Crippen molar-refractivity contribution in [2.75, 3.05) is 13.1 Å². The van der Waals surface area contributed by atoms with Crippen molar-refractivity contribution in [2.24, 2.45) is 11.8 Å². The van der Waals surface area contributed by atoms with E-state index in [1.807, 2.05) is 12.1 Å². The van der Waals surface area contributed by atoms with Gasteiger partial charge in [0, 0.05) is 5.02 Å². The van der Waals surface area contributed by atoms with E-state index in [0.717, 1.165) is 30.5 Å². The van der Waals surface area contributed by atoms with E-state index in [0.29, 0.717) is 5.92 Å². The summed E-state index contributed by atoms with van der Waals surface area (Å²) >= 11 is 6.14. The number of hydrogen-bond acceptors (Lipinski definition) is 1. The maximum Gasteiger partial charge on any atom is 0.0437 e. The summed E-state index contributed by atoms with van der Waals surface area (Å²) in [4.78, 5) is 0. The summed E-state index contributed by atoms with van der Waals surface area (Å²) in [5.74, 6) is 1.43. The standard InChI is InChI=1S/C15H24ClN/c1-12(2)10-17-11-13(3)8-9-14-6-4-5-7-15(14)16/h4-7,12-13,17H,8-11H2,1-3H3. The highest BCUT2D eigenvalue weighted by Gasteiger charge is 2.05. The molecule has 0 aromatic heterocycles. The lowest BCUT2D eigenvalue weighted by Gasteiger charge is -2.14. The third-order valence-electron chi connectivity index (χ3n) is 2.91. The van der Waals surface area contributed by atoms with Crippen molar-refractivity contribution in [2.45, 2.75) is 33.6 Å². The highest BCUT2D eigenvalue weighted by atomic mass is 35.5. The van der Waals surface area contributed by atoms with Gasteiger partial charge in [0.2, 0.25) is 0 Å². The van der Waals surface area contributed by atoms with Gasteiger partial charge in [-0.1, -0.05) is 50.6 Å². The Balaban J connectivity index is 2.24. The van der Waals surface area contributed by atoms with E-state index in [2.05, 4.69) is 38.2 Å². The van der Waals surface area contributed by atoms with Crippen molar-refractivity contribution in [3.8, 4) is 0 Å². The topological polar surface area (TPSA) is 12.0 Å². The molecule has 17 heavy (non-hydrogen) atoms. The fourth-order valence-corrected chi connectivity index (χ4v) is 2.05. The molecule has 1 unspecified atom stereocenters. The Labute approximate surface area is 111 Å². The van der Waals surface area contributed by atoms with Gasteiger partial charge in [0.25, 0.3) is 0 Å². The second-order valence-corrected chi connectivity index (χ2v) is 5.69. The number of benzene rings is 1. The third-order valence-corrected chi connectivity index (χ3v) is 3.28. The van der Waals surface area contributed by atoms with E-state index < -0.39 is 0 Å². The van der Waals surface area contributed by atoms with Gasteiger partial charge in [0.1, 0.15) is 0 Å². The molecule has 0 spiro atoms. The molecule has 1 nitrogen and oxygen atoms in total. The van der Waals surface area contributed by atoms with Crippen molar-refractivity contribution in [1.29, 1.82) is 0 Å². The molecule has 0 fully saturated rings. The molecule has 0 heterocycles. The highest BCUT2D eigenvalue weighted by molar-refractivity contribution is 6.31. The Morgan fingerprint density at radius 2 is 1.82 bits per heavy atom. The Hall–Kier alpha value is -0.530. The number of nitrogens with one attached hydrogen (secondary N) is 1. The second-order valence-electron chi connectivity index (χ2n) is 5.29. The predicted octanol–water partition coefficient (Wildman–Crippen LogP) is 4.15. The molecular formula is C15H24ClN. The number of hydrogen-bond donors (Lipinski definition) is 1. The lowest BCUT2D eigenvalue weighted by atomic mass is 10.0. The van der Waals surface area contributed by atoms with Gasteiger partial charge in [-0.05, 0) is 49.4 Å². The van der Waals surface area contributed by atoms with Crippen LogP contribution in [0.3, 0.4) is 0 Å². The summed E-state index contributed by atoms with van der Waals surface area (Å²) in [6.07, 6.45) is 2.26. The number of rotatable bonds is 7. The van der Waals surface area contributed by atoms with Crippen molar-refractivity contribution in [1.82, 2.24) is 5.32 Å². The molecule has 1 aromatic carbocycles. The van der Waals surface area contributed by atoms with Crippen LogP contribution in [0.5, 0.6) is 0 Å². The minimum atomic E-state index is 0.699. The first kappa shape index (κ1) is 14.5. The summed E-state index contributed by atoms with van der Waals surface area (Å²) in [6, 6.07) is 8.14. The summed E-state index contributed by atoms with van der Waals surface area (Å²) in [6.45, 7) is 8.98. The van der Waals surface area contributed by atoms with Gasteiger partial charge >= 0.3 is 0 Å². The first-order chi connectivity index (χ1) is 8.09. The largest absolute Gasteiger partial charge is 0.316 e. The Morgan fingerprint density at radius 3 is 2.47 bits per heavy atom. The first-order valence-corrected chi connectivity index (χ1v) is 6.91. The zero-order chi connectivity index (χ0) is 12.7. The normalized spacial score (nSPS) is 13.0. The molecule has 1 atom stereocenters. The Morgan fingerprint density at radius 1 is 1.12 bits per heavy atom. The molecule has 2 heteroatoms. The van der Waals surface area contributed by atoms with Crippen LogP contribution in [-0.2, 0) is 6.42 Å².